The molecule has 0 bridgehead atoms. The van der Waals surface area contributed by atoms with Crippen LogP contribution in [0.5, 0.6) is 5.75 Å². The van der Waals surface area contributed by atoms with E-state index >= 15 is 0 Å². The summed E-state index contributed by atoms with van der Waals surface area (Å²) in [6.07, 6.45) is 2.48. The third-order valence-electron chi connectivity index (χ3n) is 6.55. The number of fused-ring (bicyclic) bond motifs is 1. The Morgan fingerprint density at radius 2 is 1.71 bits per heavy atom. The van der Waals surface area contributed by atoms with E-state index in [9.17, 15) is 4.79 Å². The van der Waals surface area contributed by atoms with Gasteiger partial charge in [-0.25, -0.2) is 4.98 Å². The number of para-hydroxylation sites is 2. The van der Waals surface area contributed by atoms with Gasteiger partial charge >= 0.3 is 0 Å². The van der Waals surface area contributed by atoms with Crippen LogP contribution in [0.4, 0.5) is 0 Å². The van der Waals surface area contributed by atoms with Crippen molar-refractivity contribution in [3.8, 4) is 5.75 Å². The lowest BCUT2D eigenvalue weighted by Crippen LogP contribution is -2.24. The third kappa shape index (κ3) is 4.98. The number of likely N-dealkylation sites (tertiary alicyclic amines) is 1. The van der Waals surface area contributed by atoms with E-state index < -0.39 is 0 Å². The van der Waals surface area contributed by atoms with E-state index in [1.807, 2.05) is 41.3 Å². The Labute approximate surface area is 201 Å². The van der Waals surface area contributed by atoms with Gasteiger partial charge in [0.1, 0.15) is 11.6 Å². The van der Waals surface area contributed by atoms with E-state index in [4.69, 9.17) is 9.72 Å². The molecule has 174 valence electrons. The predicted molar refractivity (Wildman–Crippen MR) is 135 cm³/mol. The van der Waals surface area contributed by atoms with Gasteiger partial charge in [-0.05, 0) is 49.6 Å². The molecule has 1 aromatic heterocycles. The fraction of sp³-hybridized carbons (Fsp3) is 0.310. The first-order valence-electron chi connectivity index (χ1n) is 12.1. The number of unbranched alkanes of at least 4 members (excludes halogenated alkanes) is 1. The maximum Gasteiger partial charge on any atom is 0.223 e. The van der Waals surface area contributed by atoms with E-state index in [1.54, 1.807) is 0 Å². The van der Waals surface area contributed by atoms with Crippen molar-refractivity contribution in [2.75, 3.05) is 13.2 Å². The van der Waals surface area contributed by atoms with Gasteiger partial charge in [0.2, 0.25) is 5.91 Å². The molecule has 4 aromatic rings. The molecule has 5 heteroatoms. The second kappa shape index (κ2) is 10.1. The van der Waals surface area contributed by atoms with Crippen LogP contribution in [0.1, 0.15) is 42.1 Å². The summed E-state index contributed by atoms with van der Waals surface area (Å²) in [4.78, 5) is 19.8. The van der Waals surface area contributed by atoms with Crippen LogP contribution in [0.2, 0.25) is 0 Å². The minimum Gasteiger partial charge on any atom is -0.494 e. The Morgan fingerprint density at radius 3 is 2.53 bits per heavy atom. The predicted octanol–water partition coefficient (Wildman–Crippen LogP) is 5.72. The van der Waals surface area contributed by atoms with Gasteiger partial charge in [0.15, 0.2) is 0 Å². The van der Waals surface area contributed by atoms with Crippen LogP contribution in [0, 0.1) is 6.92 Å². The molecular formula is C29H31N3O2. The van der Waals surface area contributed by atoms with Gasteiger partial charge in [-0.15, -0.1) is 0 Å². The van der Waals surface area contributed by atoms with Gasteiger partial charge in [0, 0.05) is 32.0 Å². The highest BCUT2D eigenvalue weighted by Crippen LogP contribution is 2.31. The van der Waals surface area contributed by atoms with Crippen molar-refractivity contribution in [2.24, 2.45) is 0 Å². The molecule has 1 aliphatic rings. The molecule has 1 atom stereocenters. The molecule has 0 radical (unpaired) electrons. The Morgan fingerprint density at radius 1 is 0.941 bits per heavy atom. The van der Waals surface area contributed by atoms with Gasteiger partial charge in [0.05, 0.1) is 17.6 Å². The minimum absolute atomic E-state index is 0.118. The molecule has 34 heavy (non-hydrogen) atoms. The molecule has 3 aromatic carbocycles. The summed E-state index contributed by atoms with van der Waals surface area (Å²) in [6.45, 7) is 5.02. The largest absolute Gasteiger partial charge is 0.494 e. The summed E-state index contributed by atoms with van der Waals surface area (Å²) in [5, 5.41) is 0. The van der Waals surface area contributed by atoms with Crippen LogP contribution in [-0.4, -0.2) is 33.5 Å². The lowest BCUT2D eigenvalue weighted by molar-refractivity contribution is -0.128. The second-order valence-electron chi connectivity index (χ2n) is 9.14. The number of aryl methyl sites for hydroxylation is 2. The number of imidazole rings is 1. The van der Waals surface area contributed by atoms with E-state index in [0.29, 0.717) is 26.1 Å². The van der Waals surface area contributed by atoms with Crippen molar-refractivity contribution >= 4 is 16.9 Å². The Hall–Kier alpha value is -3.60. The quantitative estimate of drug-likeness (QED) is 0.305. The second-order valence-corrected chi connectivity index (χ2v) is 9.14. The van der Waals surface area contributed by atoms with Crippen molar-refractivity contribution in [1.29, 1.82) is 0 Å². The van der Waals surface area contributed by atoms with E-state index in [2.05, 4.69) is 54.0 Å². The van der Waals surface area contributed by atoms with Crippen LogP contribution in [0.15, 0.2) is 78.9 Å². The highest BCUT2D eigenvalue weighted by molar-refractivity contribution is 5.81. The maximum atomic E-state index is 12.8. The average molecular weight is 454 g/mol. The van der Waals surface area contributed by atoms with Crippen LogP contribution >= 0.6 is 0 Å². The maximum absolute atomic E-state index is 12.8. The first-order valence-corrected chi connectivity index (χ1v) is 12.1. The molecule has 1 amide bonds. The lowest BCUT2D eigenvalue weighted by Gasteiger charge is -2.17. The third-order valence-corrected chi connectivity index (χ3v) is 6.55. The zero-order chi connectivity index (χ0) is 23.3. The molecule has 0 N–H and O–H groups in total. The molecule has 1 fully saturated rings. The average Bonchev–Trinajstić information content (AvgIpc) is 3.41. The number of aromatic nitrogens is 2. The highest BCUT2D eigenvalue weighted by atomic mass is 16.5. The van der Waals surface area contributed by atoms with Crippen LogP contribution in [0.25, 0.3) is 11.0 Å². The molecule has 0 saturated carbocycles. The number of carbonyl (C=O) groups is 1. The Kier molecular flexibility index (Phi) is 6.61. The summed E-state index contributed by atoms with van der Waals surface area (Å²) in [6, 6.07) is 26.7. The summed E-state index contributed by atoms with van der Waals surface area (Å²) < 4.78 is 8.23. The van der Waals surface area contributed by atoms with E-state index in [0.717, 1.165) is 42.0 Å². The fourth-order valence-electron chi connectivity index (χ4n) is 4.74. The van der Waals surface area contributed by atoms with Gasteiger partial charge < -0.3 is 14.2 Å². The molecule has 1 saturated heterocycles. The molecule has 0 aliphatic carbocycles. The smallest absolute Gasteiger partial charge is 0.223 e. The summed E-state index contributed by atoms with van der Waals surface area (Å²) in [7, 11) is 0. The number of amides is 1. The van der Waals surface area contributed by atoms with Gasteiger partial charge in [-0.1, -0.05) is 60.2 Å². The number of benzene rings is 3. The molecule has 1 unspecified atom stereocenters. The van der Waals surface area contributed by atoms with E-state index in [-0.39, 0.29) is 11.8 Å². The standard InChI is InChI=1S/C29H31N3O2/c1-22-13-15-25(16-14-22)34-18-8-7-17-32-27-12-6-5-11-26(27)30-29(32)24-19-28(33)31(21-24)20-23-9-3-2-4-10-23/h2-6,9-16,24H,7-8,17-21H2,1H3. The number of hydrogen-bond acceptors (Lipinski definition) is 3. The molecular weight excluding hydrogens is 422 g/mol. The zero-order valence-corrected chi connectivity index (χ0v) is 19.7. The SMILES string of the molecule is Cc1ccc(OCCCCn2c(C3CC(=O)N(Cc4ccccc4)C3)nc3ccccc32)cc1. The van der Waals surface area contributed by atoms with Gasteiger partial charge in [-0.2, -0.15) is 0 Å². The van der Waals surface area contributed by atoms with Gasteiger partial charge in [0.25, 0.3) is 0 Å². The van der Waals surface area contributed by atoms with Crippen LogP contribution in [0.3, 0.4) is 0 Å². The summed E-state index contributed by atoms with van der Waals surface area (Å²) >= 11 is 0. The highest BCUT2D eigenvalue weighted by Gasteiger charge is 2.33. The molecule has 5 rings (SSSR count). The first kappa shape index (κ1) is 22.2. The fourth-order valence-corrected chi connectivity index (χ4v) is 4.74. The summed E-state index contributed by atoms with van der Waals surface area (Å²) in [5.41, 5.74) is 4.55. The van der Waals surface area contributed by atoms with Crippen LogP contribution < -0.4 is 4.74 Å². The Bertz CT molecular complexity index is 1250. The molecule has 1 aliphatic heterocycles. The number of ether oxygens (including phenoxy) is 1. The number of carbonyl (C=O) groups excluding carboxylic acids is 1. The van der Waals surface area contributed by atoms with Crippen molar-refractivity contribution in [3.63, 3.8) is 0 Å². The number of rotatable bonds is 9. The van der Waals surface area contributed by atoms with Crippen molar-refractivity contribution in [3.05, 3.63) is 95.8 Å². The zero-order valence-electron chi connectivity index (χ0n) is 19.7. The van der Waals surface area contributed by atoms with Crippen molar-refractivity contribution in [2.45, 2.75) is 45.2 Å². The minimum atomic E-state index is 0.118. The number of hydrogen-bond donors (Lipinski definition) is 0. The normalized spacial score (nSPS) is 15.9. The number of nitrogens with zero attached hydrogens (tertiary/aromatic N) is 3. The monoisotopic (exact) mass is 453 g/mol. The van der Waals surface area contributed by atoms with Gasteiger partial charge in [-0.3, -0.25) is 4.79 Å². The first-order chi connectivity index (χ1) is 16.7. The van der Waals surface area contributed by atoms with Crippen LogP contribution in [-0.2, 0) is 17.9 Å². The molecule has 2 heterocycles. The van der Waals surface area contributed by atoms with E-state index in [1.165, 1.54) is 11.1 Å². The summed E-state index contributed by atoms with van der Waals surface area (Å²) in [5.74, 6) is 2.28. The molecule has 5 nitrogen and oxygen atoms in total. The van der Waals surface area contributed by atoms with Crippen molar-refractivity contribution < 1.29 is 9.53 Å². The topological polar surface area (TPSA) is 47.4 Å². The van der Waals surface area contributed by atoms with Crippen molar-refractivity contribution in [1.82, 2.24) is 14.5 Å². The molecule has 0 spiro atoms. The Balaban J connectivity index is 1.25. The lowest BCUT2D eigenvalue weighted by atomic mass is 10.1.